The van der Waals surface area contributed by atoms with Gasteiger partial charge in [-0.3, -0.25) is 4.79 Å². The predicted molar refractivity (Wildman–Crippen MR) is 83.2 cm³/mol. The zero-order chi connectivity index (χ0) is 15.1. The summed E-state index contributed by atoms with van der Waals surface area (Å²) in [6.07, 6.45) is 6.54. The van der Waals surface area contributed by atoms with Crippen molar-refractivity contribution in [2.24, 2.45) is 5.73 Å². The molecular weight excluding hydrogens is 266 g/mol. The molecule has 5 heteroatoms. The van der Waals surface area contributed by atoms with Crippen LogP contribution in [0.25, 0.3) is 0 Å². The van der Waals surface area contributed by atoms with Crippen molar-refractivity contribution in [3.05, 3.63) is 29.3 Å². The van der Waals surface area contributed by atoms with Crippen LogP contribution in [0.1, 0.15) is 43.2 Å². The van der Waals surface area contributed by atoms with E-state index in [9.17, 15) is 9.59 Å². The second kappa shape index (κ2) is 7.67. The van der Waals surface area contributed by atoms with Gasteiger partial charge in [-0.1, -0.05) is 12.1 Å². The molecule has 3 amide bonds. The van der Waals surface area contributed by atoms with E-state index in [1.165, 1.54) is 24.0 Å². The number of unbranched alkanes of at least 4 members (excludes halogenated alkanes) is 1. The molecule has 0 atom stereocenters. The van der Waals surface area contributed by atoms with Crippen molar-refractivity contribution >= 4 is 17.6 Å². The van der Waals surface area contributed by atoms with Crippen LogP contribution >= 0.6 is 0 Å². The van der Waals surface area contributed by atoms with Crippen LogP contribution in [0.2, 0.25) is 0 Å². The van der Waals surface area contributed by atoms with Crippen molar-refractivity contribution in [1.82, 2.24) is 5.32 Å². The molecule has 1 aliphatic carbocycles. The molecule has 4 N–H and O–H groups in total. The van der Waals surface area contributed by atoms with Gasteiger partial charge in [-0.2, -0.15) is 0 Å². The van der Waals surface area contributed by atoms with Gasteiger partial charge in [-0.05, 0) is 55.7 Å². The summed E-state index contributed by atoms with van der Waals surface area (Å²) in [4.78, 5) is 22.5. The number of aryl methyl sites for hydroxylation is 1. The molecule has 0 heterocycles. The van der Waals surface area contributed by atoms with Crippen LogP contribution in [0.15, 0.2) is 18.2 Å². The van der Waals surface area contributed by atoms with Gasteiger partial charge in [-0.15, -0.1) is 0 Å². The Morgan fingerprint density at radius 1 is 1.14 bits per heavy atom. The van der Waals surface area contributed by atoms with Crippen LogP contribution in [0, 0.1) is 0 Å². The van der Waals surface area contributed by atoms with Gasteiger partial charge in [0.1, 0.15) is 0 Å². The molecule has 0 saturated carbocycles. The van der Waals surface area contributed by atoms with E-state index in [1.54, 1.807) is 0 Å². The Balaban J connectivity index is 1.79. The summed E-state index contributed by atoms with van der Waals surface area (Å²) in [7, 11) is 0. The highest BCUT2D eigenvalue weighted by Crippen LogP contribution is 2.27. The molecule has 1 aromatic rings. The molecule has 0 spiro atoms. The second-order valence-corrected chi connectivity index (χ2v) is 5.45. The maximum Gasteiger partial charge on any atom is 0.312 e. The number of fused-ring (bicyclic) bond motifs is 1. The van der Waals surface area contributed by atoms with Gasteiger partial charge in [0.15, 0.2) is 0 Å². The normalized spacial score (nSPS) is 13.3. The average Bonchev–Trinajstić information content (AvgIpc) is 2.47. The van der Waals surface area contributed by atoms with Gasteiger partial charge >= 0.3 is 6.03 Å². The number of hydrogen-bond donors (Lipinski definition) is 3. The molecule has 114 valence electrons. The summed E-state index contributed by atoms with van der Waals surface area (Å²) in [5, 5.41) is 5.54. The smallest absolute Gasteiger partial charge is 0.312 e. The molecule has 0 aliphatic heterocycles. The van der Waals surface area contributed by atoms with Gasteiger partial charge in [0, 0.05) is 18.7 Å². The third-order valence-electron chi connectivity index (χ3n) is 3.80. The molecule has 0 fully saturated rings. The fourth-order valence-electron chi connectivity index (χ4n) is 2.73. The molecule has 2 rings (SSSR count). The topological polar surface area (TPSA) is 84.2 Å². The minimum Gasteiger partial charge on any atom is -0.352 e. The van der Waals surface area contributed by atoms with E-state index >= 15 is 0 Å². The van der Waals surface area contributed by atoms with Gasteiger partial charge in [0.05, 0.1) is 0 Å². The second-order valence-electron chi connectivity index (χ2n) is 5.45. The van der Waals surface area contributed by atoms with Gasteiger partial charge in [0.2, 0.25) is 5.91 Å². The fraction of sp³-hybridized carbons (Fsp3) is 0.500. The van der Waals surface area contributed by atoms with E-state index in [4.69, 9.17) is 5.73 Å². The first-order valence-electron chi connectivity index (χ1n) is 7.61. The highest BCUT2D eigenvalue weighted by molar-refractivity contribution is 5.91. The Hall–Kier alpha value is -2.04. The van der Waals surface area contributed by atoms with Crippen molar-refractivity contribution in [2.75, 3.05) is 11.9 Å². The van der Waals surface area contributed by atoms with Crippen molar-refractivity contribution in [3.63, 3.8) is 0 Å². The minimum atomic E-state index is -0.518. The van der Waals surface area contributed by atoms with E-state index in [2.05, 4.69) is 16.7 Å². The van der Waals surface area contributed by atoms with Gasteiger partial charge < -0.3 is 16.4 Å². The monoisotopic (exact) mass is 289 g/mol. The molecular formula is C16H23N3O2. The summed E-state index contributed by atoms with van der Waals surface area (Å²) in [6.45, 7) is 0.517. The highest BCUT2D eigenvalue weighted by Gasteiger charge is 2.14. The first-order chi connectivity index (χ1) is 10.2. The lowest BCUT2D eigenvalue weighted by atomic mass is 9.90. The Kier molecular flexibility index (Phi) is 5.60. The van der Waals surface area contributed by atoms with Crippen molar-refractivity contribution in [3.8, 4) is 0 Å². The minimum absolute atomic E-state index is 0.0352. The summed E-state index contributed by atoms with van der Waals surface area (Å²) >= 11 is 0. The molecule has 1 aliphatic rings. The number of carbonyl (C=O) groups excluding carboxylic acids is 2. The lowest BCUT2D eigenvalue weighted by Gasteiger charge is -2.19. The molecule has 0 saturated heterocycles. The largest absolute Gasteiger partial charge is 0.352 e. The van der Waals surface area contributed by atoms with Crippen LogP contribution in [0.3, 0.4) is 0 Å². The number of nitrogens with two attached hydrogens (primary N) is 1. The van der Waals surface area contributed by atoms with E-state index in [-0.39, 0.29) is 5.91 Å². The number of primary amides is 1. The standard InChI is InChI=1S/C16H23N3O2/c17-16(21)18-11-4-3-10-15(20)19-14-9-5-7-12-6-1-2-8-13(12)14/h5,7,9H,1-4,6,8,10-11H2,(H,19,20)(H3,17,18,21). The van der Waals surface area contributed by atoms with Crippen LogP contribution in [0.5, 0.6) is 0 Å². The Morgan fingerprint density at radius 2 is 1.95 bits per heavy atom. The molecule has 0 aromatic heterocycles. The van der Waals surface area contributed by atoms with Crippen LogP contribution in [0.4, 0.5) is 10.5 Å². The van der Waals surface area contributed by atoms with Crippen molar-refractivity contribution in [1.29, 1.82) is 0 Å². The maximum atomic E-state index is 12.0. The Labute approximate surface area is 125 Å². The third-order valence-corrected chi connectivity index (χ3v) is 3.80. The third kappa shape index (κ3) is 4.77. The van der Waals surface area contributed by atoms with E-state index < -0.39 is 6.03 Å². The predicted octanol–water partition coefficient (Wildman–Crippen LogP) is 2.34. The van der Waals surface area contributed by atoms with Crippen LogP contribution in [-0.4, -0.2) is 18.5 Å². The summed E-state index contributed by atoms with van der Waals surface area (Å²) < 4.78 is 0. The lowest BCUT2D eigenvalue weighted by molar-refractivity contribution is -0.116. The quantitative estimate of drug-likeness (QED) is 0.702. The maximum absolute atomic E-state index is 12.0. The number of amides is 3. The van der Waals surface area contributed by atoms with E-state index in [0.717, 1.165) is 31.4 Å². The number of urea groups is 1. The first-order valence-corrected chi connectivity index (χ1v) is 7.61. The number of hydrogen-bond acceptors (Lipinski definition) is 2. The number of anilines is 1. The van der Waals surface area contributed by atoms with E-state index in [1.807, 2.05) is 12.1 Å². The number of benzene rings is 1. The summed E-state index contributed by atoms with van der Waals surface area (Å²) in [5.41, 5.74) is 8.60. The summed E-state index contributed by atoms with van der Waals surface area (Å²) in [6, 6.07) is 5.63. The summed E-state index contributed by atoms with van der Waals surface area (Å²) in [5.74, 6) is 0.0352. The van der Waals surface area contributed by atoms with Crippen LogP contribution < -0.4 is 16.4 Å². The van der Waals surface area contributed by atoms with Crippen molar-refractivity contribution < 1.29 is 9.59 Å². The highest BCUT2D eigenvalue weighted by atomic mass is 16.2. The molecule has 1 aromatic carbocycles. The molecule has 0 unspecified atom stereocenters. The molecule has 5 nitrogen and oxygen atoms in total. The molecule has 0 bridgehead atoms. The fourth-order valence-corrected chi connectivity index (χ4v) is 2.73. The van der Waals surface area contributed by atoms with Crippen LogP contribution in [-0.2, 0) is 17.6 Å². The van der Waals surface area contributed by atoms with Gasteiger partial charge in [0.25, 0.3) is 0 Å². The first kappa shape index (κ1) is 15.4. The Morgan fingerprint density at radius 3 is 2.76 bits per heavy atom. The zero-order valence-electron chi connectivity index (χ0n) is 12.3. The van der Waals surface area contributed by atoms with Gasteiger partial charge in [-0.25, -0.2) is 4.79 Å². The molecule has 21 heavy (non-hydrogen) atoms. The molecule has 0 radical (unpaired) electrons. The van der Waals surface area contributed by atoms with Crippen molar-refractivity contribution in [2.45, 2.75) is 44.9 Å². The number of rotatable bonds is 6. The zero-order valence-corrected chi connectivity index (χ0v) is 12.3. The number of carbonyl (C=O) groups is 2. The van der Waals surface area contributed by atoms with E-state index in [0.29, 0.717) is 13.0 Å². The Bertz CT molecular complexity index is 514. The average molecular weight is 289 g/mol. The SMILES string of the molecule is NC(=O)NCCCCC(=O)Nc1cccc2c1CCCC2. The number of nitrogens with one attached hydrogen (secondary N) is 2. The lowest BCUT2D eigenvalue weighted by Crippen LogP contribution is -2.30.